The van der Waals surface area contributed by atoms with Crippen molar-refractivity contribution in [1.29, 1.82) is 0 Å². The summed E-state index contributed by atoms with van der Waals surface area (Å²) in [5, 5.41) is 0. The summed E-state index contributed by atoms with van der Waals surface area (Å²) in [4.78, 5) is 33.5. The van der Waals surface area contributed by atoms with Crippen molar-refractivity contribution < 1.29 is 28.5 Å². The average molecular weight is 468 g/mol. The van der Waals surface area contributed by atoms with Gasteiger partial charge in [-0.05, 0) is 43.7 Å². The number of nitrogens with zero attached hydrogens (tertiary/aromatic N) is 3. The number of amides is 1. The highest BCUT2D eigenvalue weighted by molar-refractivity contribution is 6.08. The number of rotatable bonds is 9. The predicted octanol–water partition coefficient (Wildman–Crippen LogP) is 3.21. The number of imidazole rings is 1. The Morgan fingerprint density at radius 1 is 1.09 bits per heavy atom. The SMILES string of the molecule is CCOC(=O)[C@@H]1C(=O)N(CCCOC)c2nc3ccccc3n2[C@@H]1c1cc(OC)ccc1OC. The van der Waals surface area contributed by atoms with E-state index in [9.17, 15) is 9.59 Å². The Labute approximate surface area is 198 Å². The Kier molecular flexibility index (Phi) is 7.02. The third-order valence-corrected chi connectivity index (χ3v) is 5.97. The lowest BCUT2D eigenvalue weighted by Gasteiger charge is -2.38. The van der Waals surface area contributed by atoms with E-state index in [1.807, 2.05) is 28.8 Å². The van der Waals surface area contributed by atoms with Crippen LogP contribution in [0.3, 0.4) is 0 Å². The van der Waals surface area contributed by atoms with Gasteiger partial charge in [0.1, 0.15) is 11.5 Å². The molecule has 180 valence electrons. The van der Waals surface area contributed by atoms with Crippen molar-refractivity contribution in [1.82, 2.24) is 9.55 Å². The van der Waals surface area contributed by atoms with E-state index in [0.29, 0.717) is 42.6 Å². The predicted molar refractivity (Wildman–Crippen MR) is 126 cm³/mol. The molecule has 1 aliphatic heterocycles. The first-order valence-electron chi connectivity index (χ1n) is 11.2. The molecule has 1 aliphatic rings. The van der Waals surface area contributed by atoms with Gasteiger partial charge in [-0.25, -0.2) is 4.98 Å². The Balaban J connectivity index is 2.00. The summed E-state index contributed by atoms with van der Waals surface area (Å²) in [6, 6.07) is 12.2. The number of fused-ring (bicyclic) bond motifs is 3. The van der Waals surface area contributed by atoms with Gasteiger partial charge >= 0.3 is 5.97 Å². The van der Waals surface area contributed by atoms with Crippen LogP contribution < -0.4 is 14.4 Å². The number of methoxy groups -OCH3 is 3. The van der Waals surface area contributed by atoms with Crippen molar-refractivity contribution in [2.75, 3.05) is 46.0 Å². The minimum Gasteiger partial charge on any atom is -0.497 e. The maximum absolute atomic E-state index is 13.9. The smallest absolute Gasteiger partial charge is 0.321 e. The van der Waals surface area contributed by atoms with Crippen LogP contribution in [0.1, 0.15) is 24.9 Å². The molecule has 0 spiro atoms. The second kappa shape index (κ2) is 10.1. The molecule has 2 aromatic carbocycles. The second-order valence-electron chi connectivity index (χ2n) is 7.89. The minimum atomic E-state index is -1.13. The molecule has 0 radical (unpaired) electrons. The number of para-hydroxylation sites is 2. The molecule has 1 amide bonds. The van der Waals surface area contributed by atoms with Gasteiger partial charge in [-0.1, -0.05) is 12.1 Å². The van der Waals surface area contributed by atoms with Gasteiger partial charge < -0.3 is 23.5 Å². The number of carbonyl (C=O) groups is 2. The number of hydrogen-bond acceptors (Lipinski definition) is 7. The fraction of sp³-hybridized carbons (Fsp3) is 0.400. The third-order valence-electron chi connectivity index (χ3n) is 5.97. The van der Waals surface area contributed by atoms with Gasteiger partial charge in [-0.3, -0.25) is 14.5 Å². The maximum atomic E-state index is 13.9. The van der Waals surface area contributed by atoms with Gasteiger partial charge in [-0.2, -0.15) is 0 Å². The van der Waals surface area contributed by atoms with Gasteiger partial charge in [0.25, 0.3) is 0 Å². The van der Waals surface area contributed by atoms with Crippen LogP contribution in [0.25, 0.3) is 11.0 Å². The molecule has 34 heavy (non-hydrogen) atoms. The monoisotopic (exact) mass is 467 g/mol. The maximum Gasteiger partial charge on any atom is 0.321 e. The van der Waals surface area contributed by atoms with E-state index in [1.54, 1.807) is 51.4 Å². The zero-order valence-electron chi connectivity index (χ0n) is 19.8. The average Bonchev–Trinajstić information content (AvgIpc) is 3.23. The van der Waals surface area contributed by atoms with Gasteiger partial charge in [0.2, 0.25) is 11.9 Å². The molecule has 9 nitrogen and oxygen atoms in total. The van der Waals surface area contributed by atoms with E-state index in [1.165, 1.54) is 0 Å². The van der Waals surface area contributed by atoms with E-state index in [2.05, 4.69) is 0 Å². The van der Waals surface area contributed by atoms with Crippen LogP contribution in [0.2, 0.25) is 0 Å². The molecule has 2 atom stereocenters. The molecule has 3 aromatic rings. The molecule has 0 aliphatic carbocycles. The van der Waals surface area contributed by atoms with Gasteiger partial charge in [0, 0.05) is 25.8 Å². The number of anilines is 1. The summed E-state index contributed by atoms with van der Waals surface area (Å²) in [5.74, 6) is -0.509. The fourth-order valence-corrected chi connectivity index (χ4v) is 4.48. The lowest BCUT2D eigenvalue weighted by Crippen LogP contribution is -2.50. The van der Waals surface area contributed by atoms with E-state index in [-0.39, 0.29) is 12.5 Å². The molecule has 0 saturated heterocycles. The molecule has 0 N–H and O–H groups in total. The summed E-state index contributed by atoms with van der Waals surface area (Å²) in [6.07, 6.45) is 0.591. The van der Waals surface area contributed by atoms with Crippen molar-refractivity contribution >= 4 is 28.9 Å². The first-order valence-corrected chi connectivity index (χ1v) is 11.2. The highest BCUT2D eigenvalue weighted by Gasteiger charge is 2.48. The Bertz CT molecular complexity index is 1190. The number of ether oxygens (including phenoxy) is 4. The fourth-order valence-electron chi connectivity index (χ4n) is 4.48. The van der Waals surface area contributed by atoms with Crippen LogP contribution in [-0.4, -0.2) is 62.5 Å². The van der Waals surface area contributed by atoms with E-state index in [4.69, 9.17) is 23.9 Å². The van der Waals surface area contributed by atoms with Crippen LogP contribution in [0.4, 0.5) is 5.95 Å². The third kappa shape index (κ3) is 4.07. The number of hydrogen-bond donors (Lipinski definition) is 0. The molecule has 0 fully saturated rings. The van der Waals surface area contributed by atoms with E-state index in [0.717, 1.165) is 11.0 Å². The number of esters is 1. The normalized spacial score (nSPS) is 17.5. The highest BCUT2D eigenvalue weighted by atomic mass is 16.5. The summed E-state index contributed by atoms with van der Waals surface area (Å²) in [5.41, 5.74) is 2.15. The molecule has 2 heterocycles. The summed E-state index contributed by atoms with van der Waals surface area (Å²) < 4.78 is 23.6. The topological polar surface area (TPSA) is 92.1 Å². The molecular weight excluding hydrogens is 438 g/mol. The van der Waals surface area contributed by atoms with Crippen molar-refractivity contribution in [2.45, 2.75) is 19.4 Å². The van der Waals surface area contributed by atoms with Gasteiger partial charge in [-0.15, -0.1) is 0 Å². The van der Waals surface area contributed by atoms with Crippen LogP contribution in [-0.2, 0) is 19.1 Å². The summed E-state index contributed by atoms with van der Waals surface area (Å²) in [7, 11) is 4.73. The van der Waals surface area contributed by atoms with Crippen molar-refractivity contribution in [3.8, 4) is 11.5 Å². The quantitative estimate of drug-likeness (QED) is 0.271. The molecule has 0 unspecified atom stereocenters. The Morgan fingerprint density at radius 2 is 1.88 bits per heavy atom. The number of aromatic nitrogens is 2. The Hall–Kier alpha value is -3.59. The number of carbonyl (C=O) groups excluding carboxylic acids is 2. The second-order valence-corrected chi connectivity index (χ2v) is 7.89. The molecule has 1 aromatic heterocycles. The van der Waals surface area contributed by atoms with Crippen LogP contribution in [0.5, 0.6) is 11.5 Å². The lowest BCUT2D eigenvalue weighted by atomic mass is 9.88. The largest absolute Gasteiger partial charge is 0.497 e. The van der Waals surface area contributed by atoms with Crippen LogP contribution in [0.15, 0.2) is 42.5 Å². The summed E-state index contributed by atoms with van der Waals surface area (Å²) >= 11 is 0. The van der Waals surface area contributed by atoms with E-state index < -0.39 is 17.9 Å². The van der Waals surface area contributed by atoms with Gasteiger partial charge in [0.05, 0.1) is 37.9 Å². The summed E-state index contributed by atoms with van der Waals surface area (Å²) in [6.45, 7) is 2.71. The molecule has 0 bridgehead atoms. The van der Waals surface area contributed by atoms with Crippen molar-refractivity contribution in [3.63, 3.8) is 0 Å². The van der Waals surface area contributed by atoms with Crippen molar-refractivity contribution in [2.24, 2.45) is 5.92 Å². The highest BCUT2D eigenvalue weighted by Crippen LogP contribution is 2.44. The molecule has 9 heteroatoms. The first-order chi connectivity index (χ1) is 16.5. The molecule has 4 rings (SSSR count). The molecular formula is C25H29N3O6. The standard InChI is InChI=1S/C25H29N3O6/c1-5-34-24(30)21-22(17-15-16(32-3)11-12-20(17)33-4)28-19-10-7-6-9-18(19)26-25(28)27(23(21)29)13-8-14-31-2/h6-7,9-12,15,21-22H,5,8,13-14H2,1-4H3/t21-,22+/m0/s1. The Morgan fingerprint density at radius 3 is 2.59 bits per heavy atom. The van der Waals surface area contributed by atoms with Gasteiger partial charge in [0.15, 0.2) is 5.92 Å². The lowest BCUT2D eigenvalue weighted by molar-refractivity contribution is -0.153. The zero-order valence-corrected chi connectivity index (χ0v) is 19.8. The zero-order chi connectivity index (χ0) is 24.2. The van der Waals surface area contributed by atoms with Crippen molar-refractivity contribution in [3.05, 3.63) is 48.0 Å². The molecule has 0 saturated carbocycles. The minimum absolute atomic E-state index is 0.159. The first kappa shape index (κ1) is 23.6. The van der Waals surface area contributed by atoms with E-state index >= 15 is 0 Å². The van der Waals surface area contributed by atoms with Crippen LogP contribution in [0, 0.1) is 5.92 Å². The van der Waals surface area contributed by atoms with Crippen LogP contribution >= 0.6 is 0 Å². The number of benzene rings is 2.